The van der Waals surface area contributed by atoms with Crippen LogP contribution in [0, 0.1) is 30.5 Å². The third kappa shape index (κ3) is 2.06. The first-order valence-electron chi connectivity index (χ1n) is 6.20. The fourth-order valence-corrected chi connectivity index (χ4v) is 2.84. The second-order valence-electron chi connectivity index (χ2n) is 5.38. The average Bonchev–Trinajstić information content (AvgIpc) is 2.91. The van der Waals surface area contributed by atoms with Gasteiger partial charge in [-0.3, -0.25) is 4.79 Å². The molecular formula is C14H16FNO. The van der Waals surface area contributed by atoms with E-state index in [0.29, 0.717) is 11.3 Å². The molecule has 0 aliphatic heterocycles. The summed E-state index contributed by atoms with van der Waals surface area (Å²) in [6.07, 6.45) is 3.35. The molecule has 1 N–H and O–H groups in total. The molecule has 1 aromatic carbocycles. The Morgan fingerprint density at radius 2 is 2.00 bits per heavy atom. The van der Waals surface area contributed by atoms with Crippen molar-refractivity contribution in [1.82, 2.24) is 0 Å². The predicted octanol–water partition coefficient (Wildman–Crippen LogP) is 3.12. The molecule has 0 bridgehead atoms. The van der Waals surface area contributed by atoms with Crippen molar-refractivity contribution in [2.75, 3.05) is 5.32 Å². The zero-order chi connectivity index (χ0) is 12.0. The Morgan fingerprint density at radius 1 is 1.29 bits per heavy atom. The number of halogens is 1. The molecule has 2 nitrogen and oxygen atoms in total. The maximum atomic E-state index is 13.3. The number of carbonyl (C=O) groups is 1. The number of nitrogens with one attached hydrogen (secondary N) is 1. The van der Waals surface area contributed by atoms with E-state index >= 15 is 0 Å². The van der Waals surface area contributed by atoms with Crippen molar-refractivity contribution < 1.29 is 9.18 Å². The molecule has 0 aromatic heterocycles. The number of hydrogen-bond donors (Lipinski definition) is 1. The third-order valence-corrected chi connectivity index (χ3v) is 4.05. The van der Waals surface area contributed by atoms with E-state index in [1.807, 2.05) is 0 Å². The predicted molar refractivity (Wildman–Crippen MR) is 64.1 cm³/mol. The van der Waals surface area contributed by atoms with E-state index < -0.39 is 0 Å². The van der Waals surface area contributed by atoms with Crippen molar-refractivity contribution in [3.05, 3.63) is 29.6 Å². The Morgan fingerprint density at radius 3 is 2.65 bits per heavy atom. The molecule has 0 spiro atoms. The van der Waals surface area contributed by atoms with Gasteiger partial charge in [-0.2, -0.15) is 0 Å². The Bertz CT molecular complexity index is 461. The minimum Gasteiger partial charge on any atom is -0.326 e. The first-order valence-corrected chi connectivity index (χ1v) is 6.20. The molecule has 2 unspecified atom stereocenters. The normalized spacial score (nSPS) is 29.9. The van der Waals surface area contributed by atoms with Gasteiger partial charge in [0.05, 0.1) is 0 Å². The molecule has 1 amide bonds. The maximum absolute atomic E-state index is 13.3. The number of hydrogen-bond acceptors (Lipinski definition) is 1. The smallest absolute Gasteiger partial charge is 0.227 e. The number of carbonyl (C=O) groups excluding carboxylic acids is 1. The number of amides is 1. The Kier molecular flexibility index (Phi) is 2.42. The molecule has 3 rings (SSSR count). The van der Waals surface area contributed by atoms with Crippen molar-refractivity contribution in [2.45, 2.75) is 26.2 Å². The van der Waals surface area contributed by atoms with E-state index in [1.54, 1.807) is 19.1 Å². The van der Waals surface area contributed by atoms with Crippen LogP contribution >= 0.6 is 0 Å². The van der Waals surface area contributed by atoms with Crippen LogP contribution in [0.15, 0.2) is 18.2 Å². The molecule has 2 atom stereocenters. The van der Waals surface area contributed by atoms with Gasteiger partial charge in [0.25, 0.3) is 0 Å². The van der Waals surface area contributed by atoms with Crippen LogP contribution < -0.4 is 5.32 Å². The van der Waals surface area contributed by atoms with Gasteiger partial charge in [-0.15, -0.1) is 0 Å². The minimum absolute atomic E-state index is 0.0560. The van der Waals surface area contributed by atoms with Crippen LogP contribution in [0.1, 0.15) is 24.8 Å². The lowest BCUT2D eigenvalue weighted by molar-refractivity contribution is -0.120. The number of anilines is 1. The summed E-state index contributed by atoms with van der Waals surface area (Å²) >= 11 is 0. The monoisotopic (exact) mass is 233 g/mol. The van der Waals surface area contributed by atoms with Gasteiger partial charge in [-0.1, -0.05) is 6.07 Å². The van der Waals surface area contributed by atoms with E-state index in [-0.39, 0.29) is 17.6 Å². The Balaban J connectivity index is 1.65. The number of fused-ring (bicyclic) bond motifs is 1. The van der Waals surface area contributed by atoms with E-state index in [4.69, 9.17) is 0 Å². The summed E-state index contributed by atoms with van der Waals surface area (Å²) in [5, 5.41) is 2.81. The maximum Gasteiger partial charge on any atom is 0.227 e. The molecule has 2 aliphatic carbocycles. The highest BCUT2D eigenvalue weighted by Crippen LogP contribution is 2.54. The quantitative estimate of drug-likeness (QED) is 0.835. The first-order chi connectivity index (χ1) is 8.13. The zero-order valence-electron chi connectivity index (χ0n) is 9.87. The SMILES string of the molecule is Cc1ccc(NC(=O)C2CC3CC3C2)cc1F. The third-order valence-electron chi connectivity index (χ3n) is 4.05. The molecule has 2 aliphatic rings. The van der Waals surface area contributed by atoms with Crippen LogP contribution in [0.2, 0.25) is 0 Å². The summed E-state index contributed by atoms with van der Waals surface area (Å²) < 4.78 is 13.3. The highest BCUT2D eigenvalue weighted by molar-refractivity contribution is 5.92. The summed E-state index contributed by atoms with van der Waals surface area (Å²) in [5.74, 6) is 1.52. The average molecular weight is 233 g/mol. The van der Waals surface area contributed by atoms with E-state index in [2.05, 4.69) is 5.32 Å². The summed E-state index contributed by atoms with van der Waals surface area (Å²) in [6, 6.07) is 4.84. The second-order valence-corrected chi connectivity index (χ2v) is 5.38. The van der Waals surface area contributed by atoms with Gasteiger partial charge in [-0.05, 0) is 55.7 Å². The molecule has 0 saturated heterocycles. The molecule has 17 heavy (non-hydrogen) atoms. The lowest BCUT2D eigenvalue weighted by Crippen LogP contribution is -2.21. The highest BCUT2D eigenvalue weighted by atomic mass is 19.1. The van der Waals surface area contributed by atoms with Crippen LogP contribution in [-0.4, -0.2) is 5.91 Å². The van der Waals surface area contributed by atoms with Crippen LogP contribution in [0.4, 0.5) is 10.1 Å². The largest absolute Gasteiger partial charge is 0.326 e. The van der Waals surface area contributed by atoms with Crippen LogP contribution in [-0.2, 0) is 4.79 Å². The molecule has 0 radical (unpaired) electrons. The van der Waals surface area contributed by atoms with Crippen LogP contribution in [0.5, 0.6) is 0 Å². The summed E-state index contributed by atoms with van der Waals surface area (Å²) in [7, 11) is 0. The fraction of sp³-hybridized carbons (Fsp3) is 0.500. The van der Waals surface area contributed by atoms with E-state index in [0.717, 1.165) is 24.7 Å². The molecule has 3 heteroatoms. The van der Waals surface area contributed by atoms with Gasteiger partial charge in [-0.25, -0.2) is 4.39 Å². The summed E-state index contributed by atoms with van der Waals surface area (Å²) in [6.45, 7) is 1.71. The minimum atomic E-state index is -0.267. The molecule has 1 aromatic rings. The topological polar surface area (TPSA) is 29.1 Å². The lowest BCUT2D eigenvalue weighted by atomic mass is 10.0. The Hall–Kier alpha value is -1.38. The van der Waals surface area contributed by atoms with Crippen LogP contribution in [0.3, 0.4) is 0 Å². The molecule has 90 valence electrons. The number of aryl methyl sites for hydroxylation is 1. The molecule has 2 fully saturated rings. The van der Waals surface area contributed by atoms with Crippen molar-refractivity contribution in [3.63, 3.8) is 0 Å². The Labute approximate surface area is 100 Å². The fourth-order valence-electron chi connectivity index (χ4n) is 2.84. The van der Waals surface area contributed by atoms with Gasteiger partial charge < -0.3 is 5.32 Å². The number of rotatable bonds is 2. The number of benzene rings is 1. The van der Waals surface area contributed by atoms with Gasteiger partial charge in [0, 0.05) is 11.6 Å². The van der Waals surface area contributed by atoms with Crippen molar-refractivity contribution in [1.29, 1.82) is 0 Å². The standard InChI is InChI=1S/C14H16FNO/c1-8-2-3-12(7-13(8)15)16-14(17)11-5-9-4-10(9)6-11/h2-3,7,9-11H,4-6H2,1H3,(H,16,17). The van der Waals surface area contributed by atoms with Gasteiger partial charge >= 0.3 is 0 Å². The zero-order valence-corrected chi connectivity index (χ0v) is 9.87. The molecular weight excluding hydrogens is 217 g/mol. The highest BCUT2D eigenvalue weighted by Gasteiger charge is 2.47. The van der Waals surface area contributed by atoms with E-state index in [9.17, 15) is 9.18 Å². The first kappa shape index (κ1) is 10.8. The van der Waals surface area contributed by atoms with Gasteiger partial charge in [0.15, 0.2) is 0 Å². The van der Waals surface area contributed by atoms with Crippen molar-refractivity contribution >= 4 is 11.6 Å². The molecule has 2 saturated carbocycles. The molecule has 0 heterocycles. The van der Waals surface area contributed by atoms with Gasteiger partial charge in [0.2, 0.25) is 5.91 Å². The van der Waals surface area contributed by atoms with Gasteiger partial charge in [0.1, 0.15) is 5.82 Å². The van der Waals surface area contributed by atoms with Crippen molar-refractivity contribution in [3.8, 4) is 0 Å². The van der Waals surface area contributed by atoms with E-state index in [1.165, 1.54) is 12.5 Å². The lowest BCUT2D eigenvalue weighted by Gasteiger charge is -2.12. The summed E-state index contributed by atoms with van der Waals surface area (Å²) in [4.78, 5) is 11.9. The summed E-state index contributed by atoms with van der Waals surface area (Å²) in [5.41, 5.74) is 1.17. The van der Waals surface area contributed by atoms with Crippen LogP contribution in [0.25, 0.3) is 0 Å². The van der Waals surface area contributed by atoms with Crippen molar-refractivity contribution in [2.24, 2.45) is 17.8 Å². The second kappa shape index (κ2) is 3.83.